The zero-order chi connectivity index (χ0) is 25.8. The fourth-order valence-corrected chi connectivity index (χ4v) is 4.29. The molecule has 0 aromatic heterocycles. The second-order valence-corrected chi connectivity index (χ2v) is 8.70. The number of halogens is 3. The van der Waals surface area contributed by atoms with Crippen LogP contribution in [0.4, 0.5) is 18.9 Å². The minimum Gasteiger partial charge on any atom is -0.494 e. The minimum atomic E-state index is -4.48. The van der Waals surface area contributed by atoms with Gasteiger partial charge in [-0.2, -0.15) is 0 Å². The molecule has 0 spiro atoms. The van der Waals surface area contributed by atoms with E-state index >= 15 is 4.39 Å². The number of nitrogens with one attached hydrogen (secondary N) is 1. The minimum absolute atomic E-state index is 0.128. The standard InChI is InChI=1S/C24H22F3NO6S/c1-31-19-10-7-15(6-5-14-11-20(32-2)24(34-4)21(12-14)33-3)23(22(19)27)28-35(29,30)16-8-9-17(25)18(26)13-16/h5-13,28H,1-4H3/b6-5-. The van der Waals surface area contributed by atoms with E-state index in [-0.39, 0.29) is 11.3 Å². The lowest BCUT2D eigenvalue weighted by Crippen LogP contribution is -2.15. The number of anilines is 1. The third-order valence-electron chi connectivity index (χ3n) is 4.94. The lowest BCUT2D eigenvalue weighted by molar-refractivity contribution is 0.324. The average molecular weight is 510 g/mol. The molecule has 0 saturated carbocycles. The molecule has 186 valence electrons. The number of benzene rings is 3. The van der Waals surface area contributed by atoms with E-state index in [0.717, 1.165) is 6.07 Å². The second kappa shape index (κ2) is 10.6. The summed E-state index contributed by atoms with van der Waals surface area (Å²) in [6, 6.07) is 8.06. The molecule has 0 fully saturated rings. The van der Waals surface area contributed by atoms with Gasteiger partial charge in [0.15, 0.2) is 34.7 Å². The van der Waals surface area contributed by atoms with Gasteiger partial charge < -0.3 is 18.9 Å². The van der Waals surface area contributed by atoms with Crippen LogP contribution in [0, 0.1) is 17.5 Å². The topological polar surface area (TPSA) is 83.1 Å². The van der Waals surface area contributed by atoms with Crippen molar-refractivity contribution in [3.63, 3.8) is 0 Å². The van der Waals surface area contributed by atoms with Crippen molar-refractivity contribution in [2.45, 2.75) is 4.90 Å². The Balaban J connectivity index is 2.07. The van der Waals surface area contributed by atoms with E-state index in [2.05, 4.69) is 4.72 Å². The van der Waals surface area contributed by atoms with Crippen molar-refractivity contribution in [3.05, 3.63) is 71.0 Å². The summed E-state index contributed by atoms with van der Waals surface area (Å²) >= 11 is 0. The Bertz CT molecular complexity index is 1350. The Morgan fingerprint density at radius 3 is 1.91 bits per heavy atom. The highest BCUT2D eigenvalue weighted by Crippen LogP contribution is 2.39. The molecule has 35 heavy (non-hydrogen) atoms. The highest BCUT2D eigenvalue weighted by molar-refractivity contribution is 7.92. The molecule has 0 aliphatic rings. The molecule has 0 aliphatic carbocycles. The SMILES string of the molecule is COc1ccc(/C=C\c2cc(OC)c(OC)c(OC)c2)c(NS(=O)(=O)c2ccc(F)c(F)c2)c1F. The van der Waals surface area contributed by atoms with Crippen molar-refractivity contribution in [1.82, 2.24) is 0 Å². The lowest BCUT2D eigenvalue weighted by atomic mass is 10.1. The van der Waals surface area contributed by atoms with Crippen LogP contribution in [0.15, 0.2) is 47.4 Å². The van der Waals surface area contributed by atoms with Crippen LogP contribution in [0.1, 0.15) is 11.1 Å². The van der Waals surface area contributed by atoms with Crippen molar-refractivity contribution < 1.29 is 40.5 Å². The molecule has 3 aromatic carbocycles. The monoisotopic (exact) mass is 509 g/mol. The number of hydrogen-bond acceptors (Lipinski definition) is 6. The van der Waals surface area contributed by atoms with Gasteiger partial charge in [0.2, 0.25) is 5.75 Å². The Kier molecular flexibility index (Phi) is 7.80. The maximum atomic E-state index is 15.1. The fraction of sp³-hybridized carbons (Fsp3) is 0.167. The highest BCUT2D eigenvalue weighted by atomic mass is 32.2. The molecule has 3 rings (SSSR count). The number of hydrogen-bond donors (Lipinski definition) is 1. The summed E-state index contributed by atoms with van der Waals surface area (Å²) in [6.45, 7) is 0. The van der Waals surface area contributed by atoms with E-state index in [9.17, 15) is 17.2 Å². The molecule has 0 bridgehead atoms. The van der Waals surface area contributed by atoms with E-state index in [1.54, 1.807) is 18.2 Å². The molecule has 0 saturated heterocycles. The smallest absolute Gasteiger partial charge is 0.262 e. The van der Waals surface area contributed by atoms with Crippen molar-refractivity contribution in [1.29, 1.82) is 0 Å². The van der Waals surface area contributed by atoms with Gasteiger partial charge in [-0.1, -0.05) is 12.2 Å². The molecule has 0 heterocycles. The molecule has 3 aromatic rings. The molecule has 1 N–H and O–H groups in total. The number of ether oxygens (including phenoxy) is 4. The molecule has 0 amide bonds. The van der Waals surface area contributed by atoms with Gasteiger partial charge in [-0.3, -0.25) is 4.72 Å². The van der Waals surface area contributed by atoms with Crippen molar-refractivity contribution in [3.8, 4) is 23.0 Å². The van der Waals surface area contributed by atoms with Crippen LogP contribution in [-0.2, 0) is 10.0 Å². The number of sulfonamides is 1. The van der Waals surface area contributed by atoms with Crippen LogP contribution < -0.4 is 23.7 Å². The molecule has 7 nitrogen and oxygen atoms in total. The van der Waals surface area contributed by atoms with Crippen LogP contribution >= 0.6 is 0 Å². The highest BCUT2D eigenvalue weighted by Gasteiger charge is 2.22. The van der Waals surface area contributed by atoms with Crippen LogP contribution in [-0.4, -0.2) is 36.9 Å². The third-order valence-corrected chi connectivity index (χ3v) is 6.29. The van der Waals surface area contributed by atoms with Gasteiger partial charge in [-0.05, 0) is 48.0 Å². The summed E-state index contributed by atoms with van der Waals surface area (Å²) < 4.78 is 90.5. The first kappa shape index (κ1) is 25.8. The summed E-state index contributed by atoms with van der Waals surface area (Å²) in [7, 11) is 1.11. The normalized spacial score (nSPS) is 11.4. The molecule has 0 atom stereocenters. The predicted octanol–water partition coefficient (Wildman–Crippen LogP) is 5.11. The summed E-state index contributed by atoms with van der Waals surface area (Å²) in [5.41, 5.74) is 0.256. The summed E-state index contributed by atoms with van der Waals surface area (Å²) in [6.07, 6.45) is 3.02. The Morgan fingerprint density at radius 1 is 0.743 bits per heavy atom. The summed E-state index contributed by atoms with van der Waals surface area (Å²) in [5, 5.41) is 0. The molecule has 0 radical (unpaired) electrons. The maximum Gasteiger partial charge on any atom is 0.262 e. The lowest BCUT2D eigenvalue weighted by Gasteiger charge is -2.15. The first-order valence-corrected chi connectivity index (χ1v) is 11.5. The Morgan fingerprint density at radius 2 is 1.37 bits per heavy atom. The van der Waals surface area contributed by atoms with E-state index < -0.39 is 38.1 Å². The van der Waals surface area contributed by atoms with Gasteiger partial charge in [0.25, 0.3) is 10.0 Å². The van der Waals surface area contributed by atoms with Crippen LogP contribution in [0.3, 0.4) is 0 Å². The molecule has 0 aliphatic heterocycles. The van der Waals surface area contributed by atoms with E-state index in [4.69, 9.17) is 18.9 Å². The zero-order valence-electron chi connectivity index (χ0n) is 19.2. The quantitative estimate of drug-likeness (QED) is 0.404. The Labute approximate surface area is 200 Å². The van der Waals surface area contributed by atoms with Crippen molar-refractivity contribution in [2.75, 3.05) is 33.2 Å². The van der Waals surface area contributed by atoms with Crippen LogP contribution in [0.2, 0.25) is 0 Å². The fourth-order valence-electron chi connectivity index (χ4n) is 3.19. The van der Waals surface area contributed by atoms with E-state index in [1.807, 2.05) is 0 Å². The van der Waals surface area contributed by atoms with E-state index in [0.29, 0.717) is 34.9 Å². The van der Waals surface area contributed by atoms with Gasteiger partial charge in [0.05, 0.1) is 39.0 Å². The zero-order valence-corrected chi connectivity index (χ0v) is 20.0. The molecular formula is C24H22F3NO6S. The number of methoxy groups -OCH3 is 4. The van der Waals surface area contributed by atoms with Crippen molar-refractivity contribution in [2.24, 2.45) is 0 Å². The van der Waals surface area contributed by atoms with Gasteiger partial charge in [0, 0.05) is 5.56 Å². The van der Waals surface area contributed by atoms with Gasteiger partial charge in [-0.25, -0.2) is 21.6 Å². The van der Waals surface area contributed by atoms with E-state index in [1.165, 1.54) is 46.6 Å². The van der Waals surface area contributed by atoms with Crippen LogP contribution in [0.5, 0.6) is 23.0 Å². The first-order valence-electron chi connectivity index (χ1n) is 9.97. The first-order chi connectivity index (χ1) is 16.6. The summed E-state index contributed by atoms with van der Waals surface area (Å²) in [4.78, 5) is -0.585. The maximum absolute atomic E-state index is 15.1. The molecule has 11 heteroatoms. The van der Waals surface area contributed by atoms with Gasteiger partial charge in [-0.15, -0.1) is 0 Å². The van der Waals surface area contributed by atoms with Gasteiger partial charge in [0.1, 0.15) is 0 Å². The third kappa shape index (κ3) is 5.46. The second-order valence-electron chi connectivity index (χ2n) is 7.02. The molecule has 0 unspecified atom stereocenters. The average Bonchev–Trinajstić information content (AvgIpc) is 2.85. The molecular weight excluding hydrogens is 487 g/mol. The summed E-state index contributed by atoms with van der Waals surface area (Å²) in [5.74, 6) is -2.66. The Hall–Kier alpha value is -3.86. The van der Waals surface area contributed by atoms with Gasteiger partial charge >= 0.3 is 0 Å². The predicted molar refractivity (Wildman–Crippen MR) is 125 cm³/mol. The van der Waals surface area contributed by atoms with Crippen LogP contribution in [0.25, 0.3) is 12.2 Å². The van der Waals surface area contributed by atoms with Crippen molar-refractivity contribution >= 4 is 27.9 Å². The largest absolute Gasteiger partial charge is 0.494 e. The number of rotatable bonds is 9.